The molecule has 0 fully saturated rings. The Labute approximate surface area is 128 Å². The monoisotopic (exact) mass is 304 g/mol. The minimum Gasteiger partial charge on any atom is -0.481 e. The molecule has 0 aliphatic heterocycles. The zero-order chi connectivity index (χ0) is 16.3. The second-order valence-electron chi connectivity index (χ2n) is 5.48. The molecule has 2 N–H and O–H groups in total. The largest absolute Gasteiger partial charge is 0.481 e. The van der Waals surface area contributed by atoms with Gasteiger partial charge in [0.25, 0.3) is 0 Å². The van der Waals surface area contributed by atoms with E-state index in [1.807, 2.05) is 37.3 Å². The predicted molar refractivity (Wildman–Crippen MR) is 82.6 cm³/mol. The van der Waals surface area contributed by atoms with Crippen LogP contribution in [0.1, 0.15) is 25.6 Å². The van der Waals surface area contributed by atoms with Crippen molar-refractivity contribution in [1.82, 2.24) is 10.2 Å². The number of nitrogens with one attached hydrogen (secondary N) is 1. The summed E-state index contributed by atoms with van der Waals surface area (Å²) in [5.41, 5.74) is 0.770. The van der Waals surface area contributed by atoms with Gasteiger partial charge in [-0.3, -0.25) is 4.79 Å². The molecule has 0 radical (unpaired) electrons. The molecule has 22 heavy (non-hydrogen) atoms. The molecule has 2 atom stereocenters. The van der Waals surface area contributed by atoms with Crippen molar-refractivity contribution in [2.45, 2.75) is 19.9 Å². The Kier molecular flexibility index (Phi) is 4.70. The van der Waals surface area contributed by atoms with Gasteiger partial charge in [0, 0.05) is 19.0 Å². The SMILES string of the molecule is CC(CN(C)C(=O)N[C@@H](C)c1cc2ccccc2o1)C(=O)O. The Balaban J connectivity index is 1.99. The number of furan rings is 1. The summed E-state index contributed by atoms with van der Waals surface area (Å²) in [7, 11) is 1.57. The maximum absolute atomic E-state index is 12.1. The Morgan fingerprint density at radius 1 is 1.32 bits per heavy atom. The number of carboxylic acid groups (broad SMARTS) is 1. The summed E-state index contributed by atoms with van der Waals surface area (Å²) < 4.78 is 5.70. The van der Waals surface area contributed by atoms with Gasteiger partial charge in [-0.25, -0.2) is 4.79 Å². The zero-order valence-electron chi connectivity index (χ0n) is 12.9. The van der Waals surface area contributed by atoms with E-state index in [4.69, 9.17) is 9.52 Å². The third-order valence-corrected chi connectivity index (χ3v) is 3.53. The smallest absolute Gasteiger partial charge is 0.317 e. The molecule has 0 bridgehead atoms. The van der Waals surface area contributed by atoms with Crippen LogP contribution in [-0.4, -0.2) is 35.6 Å². The summed E-state index contributed by atoms with van der Waals surface area (Å²) in [6.45, 7) is 3.53. The van der Waals surface area contributed by atoms with Crippen LogP contribution in [0.5, 0.6) is 0 Å². The summed E-state index contributed by atoms with van der Waals surface area (Å²) in [5.74, 6) is -0.878. The lowest BCUT2D eigenvalue weighted by Crippen LogP contribution is -2.41. The number of nitrogens with zero attached hydrogens (tertiary/aromatic N) is 1. The fourth-order valence-electron chi connectivity index (χ4n) is 2.15. The molecule has 2 rings (SSSR count). The number of amides is 2. The van der Waals surface area contributed by atoms with Gasteiger partial charge < -0.3 is 19.7 Å². The number of rotatable bonds is 5. The number of para-hydroxylation sites is 1. The Morgan fingerprint density at radius 3 is 2.64 bits per heavy atom. The highest BCUT2D eigenvalue weighted by atomic mass is 16.4. The second kappa shape index (κ2) is 6.51. The van der Waals surface area contributed by atoms with Crippen molar-refractivity contribution in [3.05, 3.63) is 36.1 Å². The molecular weight excluding hydrogens is 284 g/mol. The lowest BCUT2D eigenvalue weighted by atomic mass is 10.2. The first-order chi connectivity index (χ1) is 10.4. The lowest BCUT2D eigenvalue weighted by molar-refractivity contribution is -0.141. The van der Waals surface area contributed by atoms with Crippen molar-refractivity contribution in [2.24, 2.45) is 5.92 Å². The number of fused-ring (bicyclic) bond motifs is 1. The molecule has 0 saturated heterocycles. The van der Waals surface area contributed by atoms with Gasteiger partial charge in [0.2, 0.25) is 0 Å². The second-order valence-corrected chi connectivity index (χ2v) is 5.48. The number of urea groups is 1. The fourth-order valence-corrected chi connectivity index (χ4v) is 2.15. The van der Waals surface area contributed by atoms with Crippen molar-refractivity contribution in [3.8, 4) is 0 Å². The average molecular weight is 304 g/mol. The molecule has 6 heteroatoms. The van der Waals surface area contributed by atoms with Crippen molar-refractivity contribution in [3.63, 3.8) is 0 Å². The molecular formula is C16H20N2O4. The van der Waals surface area contributed by atoms with E-state index in [0.717, 1.165) is 11.0 Å². The van der Waals surface area contributed by atoms with Gasteiger partial charge in [-0.2, -0.15) is 0 Å². The zero-order valence-corrected chi connectivity index (χ0v) is 12.9. The molecule has 1 aromatic carbocycles. The first-order valence-corrected chi connectivity index (χ1v) is 7.11. The van der Waals surface area contributed by atoms with Crippen molar-refractivity contribution in [1.29, 1.82) is 0 Å². The van der Waals surface area contributed by atoms with Crippen LogP contribution in [-0.2, 0) is 4.79 Å². The molecule has 0 spiro atoms. The molecule has 118 valence electrons. The average Bonchev–Trinajstić information content (AvgIpc) is 2.90. The first kappa shape index (κ1) is 15.9. The number of aliphatic carboxylic acids is 1. The van der Waals surface area contributed by atoms with E-state index in [0.29, 0.717) is 5.76 Å². The van der Waals surface area contributed by atoms with E-state index in [1.54, 1.807) is 14.0 Å². The third kappa shape index (κ3) is 3.58. The van der Waals surface area contributed by atoms with E-state index >= 15 is 0 Å². The number of carbonyl (C=O) groups is 2. The first-order valence-electron chi connectivity index (χ1n) is 7.11. The van der Waals surface area contributed by atoms with Crippen molar-refractivity contribution >= 4 is 23.0 Å². The molecule has 2 amide bonds. The van der Waals surface area contributed by atoms with Crippen molar-refractivity contribution < 1.29 is 19.1 Å². The van der Waals surface area contributed by atoms with Gasteiger partial charge >= 0.3 is 12.0 Å². The van der Waals surface area contributed by atoms with Gasteiger partial charge in [-0.15, -0.1) is 0 Å². The highest BCUT2D eigenvalue weighted by molar-refractivity contribution is 5.79. The summed E-state index contributed by atoms with van der Waals surface area (Å²) >= 11 is 0. The van der Waals surface area contributed by atoms with Crippen molar-refractivity contribution in [2.75, 3.05) is 13.6 Å². The van der Waals surface area contributed by atoms with E-state index in [9.17, 15) is 9.59 Å². The third-order valence-electron chi connectivity index (χ3n) is 3.53. The van der Waals surface area contributed by atoms with Crippen LogP contribution in [0.15, 0.2) is 34.7 Å². The van der Waals surface area contributed by atoms with Crippen LogP contribution in [0.3, 0.4) is 0 Å². The lowest BCUT2D eigenvalue weighted by Gasteiger charge is -2.22. The summed E-state index contributed by atoms with van der Waals surface area (Å²) in [5, 5.41) is 12.7. The highest BCUT2D eigenvalue weighted by Crippen LogP contribution is 2.23. The number of benzene rings is 1. The number of hydrogen-bond acceptors (Lipinski definition) is 3. The van der Waals surface area contributed by atoms with Gasteiger partial charge in [0.1, 0.15) is 11.3 Å². The van der Waals surface area contributed by atoms with Crippen LogP contribution >= 0.6 is 0 Å². The fraction of sp³-hybridized carbons (Fsp3) is 0.375. The molecule has 0 saturated carbocycles. The minimum absolute atomic E-state index is 0.147. The van der Waals surface area contributed by atoms with E-state index in [2.05, 4.69) is 5.32 Å². The minimum atomic E-state index is -0.926. The molecule has 2 aromatic rings. The number of hydrogen-bond donors (Lipinski definition) is 2. The molecule has 1 unspecified atom stereocenters. The van der Waals surface area contributed by atoms with Crippen LogP contribution in [0, 0.1) is 5.92 Å². The van der Waals surface area contributed by atoms with Crippen LogP contribution in [0.2, 0.25) is 0 Å². The van der Waals surface area contributed by atoms with E-state index < -0.39 is 11.9 Å². The topological polar surface area (TPSA) is 82.8 Å². The maximum atomic E-state index is 12.1. The van der Waals surface area contributed by atoms with Gasteiger partial charge in [-0.1, -0.05) is 25.1 Å². The quantitative estimate of drug-likeness (QED) is 0.889. The molecule has 0 aliphatic rings. The van der Waals surface area contributed by atoms with Gasteiger partial charge in [0.15, 0.2) is 0 Å². The summed E-state index contributed by atoms with van der Waals surface area (Å²) in [6, 6.07) is 8.88. The highest BCUT2D eigenvalue weighted by Gasteiger charge is 2.20. The van der Waals surface area contributed by atoms with Crippen LogP contribution in [0.4, 0.5) is 4.79 Å². The Hall–Kier alpha value is -2.50. The number of carboxylic acids is 1. The molecule has 1 aromatic heterocycles. The molecule has 0 aliphatic carbocycles. The Bertz CT molecular complexity index is 647. The van der Waals surface area contributed by atoms with Gasteiger partial charge in [-0.05, 0) is 19.1 Å². The number of carbonyl (C=O) groups excluding carboxylic acids is 1. The Morgan fingerprint density at radius 2 is 2.00 bits per heavy atom. The van der Waals surface area contributed by atoms with Gasteiger partial charge in [0.05, 0.1) is 12.0 Å². The van der Waals surface area contributed by atoms with E-state index in [-0.39, 0.29) is 18.6 Å². The molecule has 1 heterocycles. The maximum Gasteiger partial charge on any atom is 0.317 e. The van der Waals surface area contributed by atoms with Crippen LogP contribution in [0.25, 0.3) is 11.0 Å². The van der Waals surface area contributed by atoms with Crippen LogP contribution < -0.4 is 5.32 Å². The standard InChI is InChI=1S/C16H20N2O4/c1-10(15(19)20)9-18(3)16(21)17-11(2)14-8-12-6-4-5-7-13(12)22-14/h4-8,10-11H,9H2,1-3H3,(H,17,21)(H,19,20)/t10?,11-/m0/s1. The summed E-state index contributed by atoms with van der Waals surface area (Å²) in [6.07, 6.45) is 0. The van der Waals surface area contributed by atoms with E-state index in [1.165, 1.54) is 4.90 Å². The summed E-state index contributed by atoms with van der Waals surface area (Å²) in [4.78, 5) is 24.3. The normalized spacial score (nSPS) is 13.6. The molecule has 6 nitrogen and oxygen atoms in total. The predicted octanol–water partition coefficient (Wildman–Crippen LogP) is 2.86.